The van der Waals surface area contributed by atoms with Crippen LogP contribution in [0.4, 0.5) is 0 Å². The molecular weight excluding hydrogens is 204 g/mol. The highest BCUT2D eigenvalue weighted by Gasteiger charge is 2.44. The van der Waals surface area contributed by atoms with Gasteiger partial charge < -0.3 is 15.8 Å². The molecule has 0 radical (unpaired) electrons. The number of hydrogen-bond donors (Lipinski definition) is 2. The van der Waals surface area contributed by atoms with Gasteiger partial charge in [0.05, 0.1) is 11.6 Å². The van der Waals surface area contributed by atoms with Gasteiger partial charge >= 0.3 is 0 Å². The van der Waals surface area contributed by atoms with Crippen molar-refractivity contribution in [3.8, 4) is 0 Å². The molecule has 1 heterocycles. The van der Waals surface area contributed by atoms with Crippen LogP contribution in [0.3, 0.4) is 0 Å². The molecule has 1 aliphatic carbocycles. The molecule has 0 aromatic carbocycles. The van der Waals surface area contributed by atoms with E-state index in [1.165, 1.54) is 0 Å². The molecule has 2 aliphatic rings. The van der Waals surface area contributed by atoms with Crippen LogP contribution in [0.1, 0.15) is 39.5 Å². The van der Waals surface area contributed by atoms with Crippen LogP contribution in [0, 0.1) is 5.92 Å². The standard InChI is InChI=1S/C12H22N2O2/c1-8-7-10(5-6-16-8)14-11(15)12(2,13)9-3-4-9/h8-10H,3-7,13H2,1-2H3,(H,14,15). The summed E-state index contributed by atoms with van der Waals surface area (Å²) < 4.78 is 5.45. The highest BCUT2D eigenvalue weighted by molar-refractivity contribution is 5.86. The molecule has 0 aromatic heterocycles. The Labute approximate surface area is 96.9 Å². The minimum absolute atomic E-state index is 0.00843. The number of hydrogen-bond acceptors (Lipinski definition) is 3. The Balaban J connectivity index is 1.86. The third kappa shape index (κ3) is 2.55. The fraction of sp³-hybridized carbons (Fsp3) is 0.917. The van der Waals surface area contributed by atoms with Gasteiger partial charge in [0, 0.05) is 12.6 Å². The summed E-state index contributed by atoms with van der Waals surface area (Å²) in [5.41, 5.74) is 5.40. The molecule has 4 nitrogen and oxygen atoms in total. The van der Waals surface area contributed by atoms with E-state index >= 15 is 0 Å². The molecule has 2 rings (SSSR count). The molecule has 3 N–H and O–H groups in total. The van der Waals surface area contributed by atoms with Crippen LogP contribution < -0.4 is 11.1 Å². The summed E-state index contributed by atoms with van der Waals surface area (Å²) in [6, 6.07) is 0.234. The molecule has 16 heavy (non-hydrogen) atoms. The first-order chi connectivity index (χ1) is 7.50. The number of carbonyl (C=O) groups is 1. The summed E-state index contributed by atoms with van der Waals surface area (Å²) in [7, 11) is 0. The van der Waals surface area contributed by atoms with E-state index in [4.69, 9.17) is 10.5 Å². The molecule has 1 saturated carbocycles. The van der Waals surface area contributed by atoms with Crippen molar-refractivity contribution in [1.29, 1.82) is 0 Å². The zero-order valence-electron chi connectivity index (χ0n) is 10.2. The van der Waals surface area contributed by atoms with Crippen molar-refractivity contribution in [3.05, 3.63) is 0 Å². The number of nitrogens with one attached hydrogen (secondary N) is 1. The maximum Gasteiger partial charge on any atom is 0.240 e. The maximum atomic E-state index is 12.0. The van der Waals surface area contributed by atoms with E-state index < -0.39 is 5.54 Å². The first-order valence-corrected chi connectivity index (χ1v) is 6.21. The molecular formula is C12H22N2O2. The van der Waals surface area contributed by atoms with Gasteiger partial charge in [0.25, 0.3) is 0 Å². The maximum absolute atomic E-state index is 12.0. The number of nitrogens with two attached hydrogens (primary N) is 1. The lowest BCUT2D eigenvalue weighted by molar-refractivity contribution is -0.128. The molecule has 2 fully saturated rings. The van der Waals surface area contributed by atoms with Crippen LogP contribution >= 0.6 is 0 Å². The van der Waals surface area contributed by atoms with Gasteiger partial charge in [-0.15, -0.1) is 0 Å². The van der Waals surface area contributed by atoms with Crippen LogP contribution in [-0.2, 0) is 9.53 Å². The highest BCUT2D eigenvalue weighted by Crippen LogP contribution is 2.38. The van der Waals surface area contributed by atoms with Crippen molar-refractivity contribution in [2.24, 2.45) is 11.7 Å². The van der Waals surface area contributed by atoms with Gasteiger partial charge in [-0.2, -0.15) is 0 Å². The van der Waals surface area contributed by atoms with Crippen molar-refractivity contribution in [1.82, 2.24) is 5.32 Å². The number of ether oxygens (including phenoxy) is 1. The fourth-order valence-corrected chi connectivity index (χ4v) is 2.34. The number of carbonyl (C=O) groups excluding carboxylic acids is 1. The predicted octanol–water partition coefficient (Wildman–Crippen LogP) is 0.797. The Morgan fingerprint density at radius 2 is 2.12 bits per heavy atom. The quantitative estimate of drug-likeness (QED) is 0.748. The van der Waals surface area contributed by atoms with Crippen molar-refractivity contribution < 1.29 is 9.53 Å². The smallest absolute Gasteiger partial charge is 0.240 e. The number of rotatable bonds is 3. The lowest BCUT2D eigenvalue weighted by atomic mass is 9.94. The molecule has 1 aliphatic heterocycles. The van der Waals surface area contributed by atoms with E-state index in [-0.39, 0.29) is 18.1 Å². The first-order valence-electron chi connectivity index (χ1n) is 6.21. The monoisotopic (exact) mass is 226 g/mol. The van der Waals surface area contributed by atoms with E-state index in [2.05, 4.69) is 5.32 Å². The zero-order chi connectivity index (χ0) is 11.8. The van der Waals surface area contributed by atoms with Crippen LogP contribution in [-0.4, -0.2) is 30.2 Å². The van der Waals surface area contributed by atoms with Crippen molar-refractivity contribution >= 4 is 5.91 Å². The molecule has 0 spiro atoms. The molecule has 3 unspecified atom stereocenters. The topological polar surface area (TPSA) is 64.4 Å². The van der Waals surface area contributed by atoms with E-state index in [0.717, 1.165) is 32.3 Å². The van der Waals surface area contributed by atoms with E-state index in [1.54, 1.807) is 0 Å². The van der Waals surface area contributed by atoms with Gasteiger partial charge in [0.2, 0.25) is 5.91 Å². The van der Waals surface area contributed by atoms with Crippen LogP contribution in [0.15, 0.2) is 0 Å². The van der Waals surface area contributed by atoms with Crippen molar-refractivity contribution in [3.63, 3.8) is 0 Å². The Morgan fingerprint density at radius 3 is 2.69 bits per heavy atom. The lowest BCUT2D eigenvalue weighted by Gasteiger charge is -2.31. The van der Waals surface area contributed by atoms with Crippen LogP contribution in [0.5, 0.6) is 0 Å². The third-order valence-electron chi connectivity index (χ3n) is 3.74. The van der Waals surface area contributed by atoms with E-state index in [9.17, 15) is 4.79 Å². The summed E-state index contributed by atoms with van der Waals surface area (Å²) in [5.74, 6) is 0.388. The predicted molar refractivity (Wildman–Crippen MR) is 61.9 cm³/mol. The molecule has 92 valence electrons. The van der Waals surface area contributed by atoms with Gasteiger partial charge in [-0.3, -0.25) is 4.79 Å². The van der Waals surface area contributed by atoms with Crippen LogP contribution in [0.2, 0.25) is 0 Å². The Hall–Kier alpha value is -0.610. The molecule has 1 saturated heterocycles. The summed E-state index contributed by atoms with van der Waals surface area (Å²) in [5, 5.41) is 3.07. The van der Waals surface area contributed by atoms with Gasteiger partial charge in [0.15, 0.2) is 0 Å². The average Bonchev–Trinajstić information content (AvgIpc) is 3.00. The minimum atomic E-state index is -0.679. The molecule has 0 bridgehead atoms. The number of amides is 1. The lowest BCUT2D eigenvalue weighted by Crippen LogP contribution is -2.56. The second kappa shape index (κ2) is 4.34. The Kier molecular flexibility index (Phi) is 3.22. The zero-order valence-corrected chi connectivity index (χ0v) is 10.2. The fourth-order valence-electron chi connectivity index (χ4n) is 2.34. The van der Waals surface area contributed by atoms with Crippen LogP contribution in [0.25, 0.3) is 0 Å². The average molecular weight is 226 g/mol. The second-order valence-corrected chi connectivity index (χ2v) is 5.43. The molecule has 1 amide bonds. The van der Waals surface area contributed by atoms with E-state index in [0.29, 0.717) is 5.92 Å². The summed E-state index contributed by atoms with van der Waals surface area (Å²) in [4.78, 5) is 12.0. The van der Waals surface area contributed by atoms with Gasteiger partial charge in [-0.1, -0.05) is 0 Å². The Bertz CT molecular complexity index is 274. The summed E-state index contributed by atoms with van der Waals surface area (Å²) in [6.45, 7) is 4.63. The summed E-state index contributed by atoms with van der Waals surface area (Å²) in [6.07, 6.45) is 4.21. The normalized spacial score (nSPS) is 34.2. The van der Waals surface area contributed by atoms with Gasteiger partial charge in [-0.05, 0) is 45.4 Å². The first kappa shape index (κ1) is 11.9. The molecule has 0 aromatic rings. The molecule has 4 heteroatoms. The SMILES string of the molecule is CC1CC(NC(=O)C(C)(N)C2CC2)CCO1. The van der Waals surface area contributed by atoms with Crippen molar-refractivity contribution in [2.75, 3.05) is 6.61 Å². The second-order valence-electron chi connectivity index (χ2n) is 5.43. The minimum Gasteiger partial charge on any atom is -0.378 e. The van der Waals surface area contributed by atoms with Gasteiger partial charge in [0.1, 0.15) is 0 Å². The molecule has 3 atom stereocenters. The third-order valence-corrected chi connectivity index (χ3v) is 3.74. The van der Waals surface area contributed by atoms with Crippen molar-refractivity contribution in [2.45, 2.75) is 57.2 Å². The Morgan fingerprint density at radius 1 is 1.44 bits per heavy atom. The summed E-state index contributed by atoms with van der Waals surface area (Å²) >= 11 is 0. The largest absolute Gasteiger partial charge is 0.378 e. The highest BCUT2D eigenvalue weighted by atomic mass is 16.5. The van der Waals surface area contributed by atoms with E-state index in [1.807, 2.05) is 13.8 Å². The van der Waals surface area contributed by atoms with Gasteiger partial charge in [-0.25, -0.2) is 0 Å².